The maximum Gasteiger partial charge on any atom is 0.410 e. The molecule has 2 fully saturated rings. The maximum absolute atomic E-state index is 11.9. The minimum Gasteiger partial charge on any atom is -0.444 e. The fourth-order valence-corrected chi connectivity index (χ4v) is 2.56. The number of piperidine rings is 1. The van der Waals surface area contributed by atoms with Crippen LogP contribution in [0, 0.1) is 5.92 Å². The Balaban J connectivity index is 1.77. The minimum atomic E-state index is -0.422. The Kier molecular flexibility index (Phi) is 4.68. The van der Waals surface area contributed by atoms with Crippen molar-refractivity contribution in [3.8, 4) is 0 Å². The molecule has 1 atom stereocenters. The molecule has 0 saturated carbocycles. The summed E-state index contributed by atoms with van der Waals surface area (Å²) in [7, 11) is 0. The lowest BCUT2D eigenvalue weighted by Crippen LogP contribution is -2.45. The number of hydrogen-bond donors (Lipinski definition) is 0. The van der Waals surface area contributed by atoms with Crippen molar-refractivity contribution in [2.24, 2.45) is 5.92 Å². The topological polar surface area (TPSA) is 48.0 Å². The molecule has 2 saturated heterocycles. The third-order valence-corrected chi connectivity index (χ3v) is 3.56. The van der Waals surface area contributed by atoms with Gasteiger partial charge in [-0.05, 0) is 39.5 Å². The van der Waals surface area contributed by atoms with Crippen molar-refractivity contribution < 1.29 is 19.0 Å². The molecule has 2 aliphatic heterocycles. The molecule has 110 valence electrons. The summed E-state index contributed by atoms with van der Waals surface area (Å²) in [6.45, 7) is 9.26. The Hall–Kier alpha value is -0.810. The summed E-state index contributed by atoms with van der Waals surface area (Å²) in [4.78, 5) is 13.7. The first kappa shape index (κ1) is 14.6. The van der Waals surface area contributed by atoms with Crippen molar-refractivity contribution in [3.05, 3.63) is 0 Å². The Morgan fingerprint density at radius 2 is 1.89 bits per heavy atom. The molecule has 1 amide bonds. The van der Waals surface area contributed by atoms with Crippen LogP contribution in [0.3, 0.4) is 0 Å². The zero-order valence-corrected chi connectivity index (χ0v) is 12.2. The van der Waals surface area contributed by atoms with Crippen molar-refractivity contribution in [2.45, 2.75) is 45.3 Å². The summed E-state index contributed by atoms with van der Waals surface area (Å²) in [6.07, 6.45) is 1.93. The molecule has 0 N–H and O–H groups in total. The van der Waals surface area contributed by atoms with Crippen LogP contribution >= 0.6 is 0 Å². The molecule has 1 unspecified atom stereocenters. The van der Waals surface area contributed by atoms with Crippen molar-refractivity contribution in [1.29, 1.82) is 0 Å². The average Bonchev–Trinajstić information content (AvgIpc) is 2.38. The minimum absolute atomic E-state index is 0.202. The number of likely N-dealkylation sites (tertiary alicyclic amines) is 1. The molecular formula is C14H25NO4. The largest absolute Gasteiger partial charge is 0.444 e. The molecule has 2 rings (SSSR count). The van der Waals surface area contributed by atoms with Gasteiger partial charge in [0, 0.05) is 13.1 Å². The van der Waals surface area contributed by atoms with Gasteiger partial charge in [0.05, 0.1) is 25.9 Å². The van der Waals surface area contributed by atoms with E-state index in [4.69, 9.17) is 14.2 Å². The Labute approximate surface area is 115 Å². The number of ether oxygens (including phenoxy) is 3. The van der Waals surface area contributed by atoms with Gasteiger partial charge in [0.1, 0.15) is 5.60 Å². The highest BCUT2D eigenvalue weighted by Gasteiger charge is 2.32. The third-order valence-electron chi connectivity index (χ3n) is 3.56. The first-order valence-corrected chi connectivity index (χ1v) is 7.13. The van der Waals surface area contributed by atoms with Gasteiger partial charge in [0.25, 0.3) is 0 Å². The number of carbonyl (C=O) groups excluding carboxylic acids is 1. The van der Waals surface area contributed by atoms with E-state index in [9.17, 15) is 4.79 Å². The van der Waals surface area contributed by atoms with Gasteiger partial charge in [-0.1, -0.05) is 0 Å². The Morgan fingerprint density at radius 1 is 1.21 bits per heavy atom. The maximum atomic E-state index is 11.9. The normalized spacial score (nSPS) is 26.3. The molecule has 0 aromatic carbocycles. The number of hydrogen-bond acceptors (Lipinski definition) is 4. The molecule has 0 aromatic rings. The van der Waals surface area contributed by atoms with Gasteiger partial charge in [-0.3, -0.25) is 0 Å². The highest BCUT2D eigenvalue weighted by molar-refractivity contribution is 5.68. The van der Waals surface area contributed by atoms with Crippen LogP contribution in [0.25, 0.3) is 0 Å². The van der Waals surface area contributed by atoms with E-state index in [1.807, 2.05) is 20.8 Å². The second-order valence-electron chi connectivity index (χ2n) is 6.29. The van der Waals surface area contributed by atoms with Crippen molar-refractivity contribution >= 4 is 6.09 Å². The Morgan fingerprint density at radius 3 is 2.42 bits per heavy atom. The summed E-state index contributed by atoms with van der Waals surface area (Å²) in [5.74, 6) is 0.499. The highest BCUT2D eigenvalue weighted by atomic mass is 16.6. The molecular weight excluding hydrogens is 246 g/mol. The van der Waals surface area contributed by atoms with Gasteiger partial charge in [-0.15, -0.1) is 0 Å². The smallest absolute Gasteiger partial charge is 0.410 e. The van der Waals surface area contributed by atoms with Crippen LogP contribution < -0.4 is 0 Å². The van der Waals surface area contributed by atoms with Crippen LogP contribution in [0.4, 0.5) is 4.79 Å². The quantitative estimate of drug-likeness (QED) is 0.732. The predicted molar refractivity (Wildman–Crippen MR) is 71.1 cm³/mol. The van der Waals surface area contributed by atoms with Gasteiger partial charge in [-0.25, -0.2) is 4.79 Å². The first-order chi connectivity index (χ1) is 8.96. The van der Waals surface area contributed by atoms with E-state index in [-0.39, 0.29) is 12.2 Å². The van der Waals surface area contributed by atoms with E-state index >= 15 is 0 Å². The second kappa shape index (κ2) is 6.09. The van der Waals surface area contributed by atoms with E-state index < -0.39 is 5.60 Å². The van der Waals surface area contributed by atoms with Crippen LogP contribution in [0.2, 0.25) is 0 Å². The first-order valence-electron chi connectivity index (χ1n) is 7.13. The molecule has 5 heteroatoms. The molecule has 0 aromatic heterocycles. The average molecular weight is 271 g/mol. The molecule has 19 heavy (non-hydrogen) atoms. The fraction of sp³-hybridized carbons (Fsp3) is 0.929. The molecule has 5 nitrogen and oxygen atoms in total. The van der Waals surface area contributed by atoms with E-state index in [0.29, 0.717) is 25.7 Å². The zero-order chi connectivity index (χ0) is 13.9. The second-order valence-corrected chi connectivity index (χ2v) is 6.29. The monoisotopic (exact) mass is 271 g/mol. The lowest BCUT2D eigenvalue weighted by atomic mass is 9.91. The van der Waals surface area contributed by atoms with Gasteiger partial charge in [0.2, 0.25) is 0 Å². The van der Waals surface area contributed by atoms with Gasteiger partial charge in [-0.2, -0.15) is 0 Å². The molecule has 2 aliphatic rings. The Bertz CT molecular complexity index is 299. The van der Waals surface area contributed by atoms with Crippen LogP contribution in [-0.2, 0) is 14.2 Å². The van der Waals surface area contributed by atoms with Crippen LogP contribution in [-0.4, -0.2) is 55.6 Å². The molecule has 0 radical (unpaired) electrons. The van der Waals surface area contributed by atoms with E-state index in [1.165, 1.54) is 0 Å². The van der Waals surface area contributed by atoms with Gasteiger partial charge in [0.15, 0.2) is 0 Å². The summed E-state index contributed by atoms with van der Waals surface area (Å²) < 4.78 is 16.6. The number of carbonyl (C=O) groups is 1. The molecule has 0 aliphatic carbocycles. The summed E-state index contributed by atoms with van der Waals surface area (Å²) in [5, 5.41) is 0. The van der Waals surface area contributed by atoms with Crippen LogP contribution in [0.1, 0.15) is 33.6 Å². The van der Waals surface area contributed by atoms with Gasteiger partial charge >= 0.3 is 6.09 Å². The number of rotatable bonds is 1. The van der Waals surface area contributed by atoms with Crippen molar-refractivity contribution in [2.75, 3.05) is 32.9 Å². The molecule has 2 heterocycles. The van der Waals surface area contributed by atoms with E-state index in [2.05, 4.69) is 0 Å². The predicted octanol–water partition coefficient (Wildman–Crippen LogP) is 2.05. The lowest BCUT2D eigenvalue weighted by molar-refractivity contribution is -0.118. The third kappa shape index (κ3) is 4.35. The van der Waals surface area contributed by atoms with Crippen molar-refractivity contribution in [1.82, 2.24) is 4.90 Å². The molecule has 0 spiro atoms. The number of nitrogens with zero attached hydrogens (tertiary/aromatic N) is 1. The van der Waals surface area contributed by atoms with Crippen LogP contribution in [0.5, 0.6) is 0 Å². The van der Waals surface area contributed by atoms with Crippen molar-refractivity contribution in [3.63, 3.8) is 0 Å². The zero-order valence-electron chi connectivity index (χ0n) is 12.2. The summed E-state index contributed by atoms with van der Waals surface area (Å²) in [5.41, 5.74) is -0.422. The van der Waals surface area contributed by atoms with Gasteiger partial charge < -0.3 is 19.1 Å². The molecule has 0 bridgehead atoms. The van der Waals surface area contributed by atoms with Crippen LogP contribution in [0.15, 0.2) is 0 Å². The summed E-state index contributed by atoms with van der Waals surface area (Å²) >= 11 is 0. The fourth-order valence-electron chi connectivity index (χ4n) is 2.56. The lowest BCUT2D eigenvalue weighted by Gasteiger charge is -2.37. The summed E-state index contributed by atoms with van der Waals surface area (Å²) in [6, 6.07) is 0. The van der Waals surface area contributed by atoms with E-state index in [1.54, 1.807) is 4.90 Å². The van der Waals surface area contributed by atoms with E-state index in [0.717, 1.165) is 25.9 Å². The SMILES string of the molecule is CC(C)(C)OC(=O)N1CCC(C2COCCO2)CC1. The highest BCUT2D eigenvalue weighted by Crippen LogP contribution is 2.25. The standard InChI is InChI=1S/C14H25NO4/c1-14(2,3)19-13(16)15-6-4-11(5-7-15)12-10-17-8-9-18-12/h11-12H,4-10H2,1-3H3. The number of amides is 1.